The fourth-order valence-electron chi connectivity index (χ4n) is 3.59. The summed E-state index contributed by atoms with van der Waals surface area (Å²) < 4.78 is 12.2. The Hall–Kier alpha value is -3.60. The van der Waals surface area contributed by atoms with Gasteiger partial charge in [0.15, 0.2) is 6.29 Å². The third-order valence-electron chi connectivity index (χ3n) is 5.51. The van der Waals surface area contributed by atoms with E-state index in [2.05, 4.69) is 0 Å². The lowest BCUT2D eigenvalue weighted by molar-refractivity contribution is -0.142. The molecule has 2 unspecified atom stereocenters. The number of rotatable bonds is 11. The maximum Gasteiger partial charge on any atom is 0.306 e. The maximum absolute atomic E-state index is 11.7. The zero-order valence-corrected chi connectivity index (χ0v) is 18.4. The number of hydrogen-bond acceptors (Lipinski definition) is 4. The molecule has 0 saturated carbocycles. The number of aryl methyl sites for hydroxylation is 1. The predicted octanol–water partition coefficient (Wildman–Crippen LogP) is 6.01. The Bertz CT molecular complexity index is 1040. The molecule has 1 N–H and O–H groups in total. The standard InChI is InChI=1S/C27H28O5/c1-3-21(27(29)30)15-26(24-12-8-7-9-19(24)2)32-25-16-23(14-13-22(25)17-28)31-18-20-10-5-4-6-11-20/h4-14,16-17,21,26H,3,15,18H2,1-2H3,(H,29,30). The maximum atomic E-state index is 11.7. The monoisotopic (exact) mass is 432 g/mol. The molecular weight excluding hydrogens is 404 g/mol. The third kappa shape index (κ3) is 5.97. The van der Waals surface area contributed by atoms with Gasteiger partial charge in [0.25, 0.3) is 0 Å². The van der Waals surface area contributed by atoms with Gasteiger partial charge < -0.3 is 14.6 Å². The number of carboxylic acids is 1. The Kier molecular flexibility index (Phi) is 8.03. The molecule has 166 valence electrons. The second-order valence-corrected chi connectivity index (χ2v) is 7.73. The van der Waals surface area contributed by atoms with Gasteiger partial charge in [-0.1, -0.05) is 61.5 Å². The van der Waals surface area contributed by atoms with Crippen LogP contribution < -0.4 is 9.47 Å². The lowest BCUT2D eigenvalue weighted by Crippen LogP contribution is -2.20. The van der Waals surface area contributed by atoms with Crippen LogP contribution in [0, 0.1) is 12.8 Å². The second kappa shape index (κ2) is 11.1. The Morgan fingerprint density at radius 3 is 2.41 bits per heavy atom. The van der Waals surface area contributed by atoms with E-state index in [9.17, 15) is 14.7 Å². The number of carbonyl (C=O) groups is 2. The quantitative estimate of drug-likeness (QED) is 0.376. The van der Waals surface area contributed by atoms with E-state index in [1.165, 1.54) is 0 Å². The lowest BCUT2D eigenvalue weighted by Gasteiger charge is -2.25. The molecule has 3 aromatic carbocycles. The number of carbonyl (C=O) groups excluding carboxylic acids is 1. The van der Waals surface area contributed by atoms with Gasteiger partial charge in [0.1, 0.15) is 24.2 Å². The molecule has 0 saturated heterocycles. The van der Waals surface area contributed by atoms with E-state index in [1.54, 1.807) is 18.2 Å². The number of ether oxygens (including phenoxy) is 2. The molecular formula is C27H28O5. The van der Waals surface area contributed by atoms with Crippen LogP contribution in [-0.2, 0) is 11.4 Å². The summed E-state index contributed by atoms with van der Waals surface area (Å²) in [5.74, 6) is -0.468. The molecule has 0 bridgehead atoms. The number of aldehydes is 1. The van der Waals surface area contributed by atoms with Crippen molar-refractivity contribution in [3.05, 3.63) is 95.1 Å². The minimum absolute atomic E-state index is 0.296. The molecule has 0 aromatic heterocycles. The van der Waals surface area contributed by atoms with E-state index in [0.717, 1.165) is 23.0 Å². The molecule has 0 fully saturated rings. The molecule has 2 atom stereocenters. The molecule has 5 nitrogen and oxygen atoms in total. The summed E-state index contributed by atoms with van der Waals surface area (Å²) in [4.78, 5) is 23.4. The highest BCUT2D eigenvalue weighted by molar-refractivity contribution is 5.79. The van der Waals surface area contributed by atoms with Crippen LogP contribution in [-0.4, -0.2) is 17.4 Å². The first-order valence-corrected chi connectivity index (χ1v) is 10.7. The minimum atomic E-state index is -0.856. The molecule has 0 aliphatic carbocycles. The molecule has 0 aliphatic rings. The van der Waals surface area contributed by atoms with E-state index >= 15 is 0 Å². The van der Waals surface area contributed by atoms with Crippen molar-refractivity contribution in [2.45, 2.75) is 39.4 Å². The van der Waals surface area contributed by atoms with E-state index < -0.39 is 18.0 Å². The van der Waals surface area contributed by atoms with E-state index in [0.29, 0.717) is 36.5 Å². The van der Waals surface area contributed by atoms with Crippen molar-refractivity contribution in [2.75, 3.05) is 0 Å². The number of hydrogen-bond donors (Lipinski definition) is 1. The summed E-state index contributed by atoms with van der Waals surface area (Å²) in [5, 5.41) is 9.60. The lowest BCUT2D eigenvalue weighted by atomic mass is 9.92. The van der Waals surface area contributed by atoms with Gasteiger partial charge in [-0.25, -0.2) is 0 Å². The van der Waals surface area contributed by atoms with Gasteiger partial charge in [-0.3, -0.25) is 9.59 Å². The van der Waals surface area contributed by atoms with Crippen LogP contribution in [0.5, 0.6) is 11.5 Å². The topological polar surface area (TPSA) is 72.8 Å². The molecule has 0 radical (unpaired) electrons. The van der Waals surface area contributed by atoms with Crippen molar-refractivity contribution >= 4 is 12.3 Å². The second-order valence-electron chi connectivity index (χ2n) is 7.73. The largest absolute Gasteiger partial charge is 0.489 e. The van der Waals surface area contributed by atoms with Gasteiger partial charge in [-0.2, -0.15) is 0 Å². The van der Waals surface area contributed by atoms with E-state index in [-0.39, 0.29) is 0 Å². The van der Waals surface area contributed by atoms with Crippen LogP contribution in [0.2, 0.25) is 0 Å². The fourth-order valence-corrected chi connectivity index (χ4v) is 3.59. The van der Waals surface area contributed by atoms with Crippen LogP contribution in [0.3, 0.4) is 0 Å². The third-order valence-corrected chi connectivity index (χ3v) is 5.51. The van der Waals surface area contributed by atoms with Crippen molar-refractivity contribution in [3.8, 4) is 11.5 Å². The van der Waals surface area contributed by atoms with Gasteiger partial charge in [0, 0.05) is 12.5 Å². The van der Waals surface area contributed by atoms with Gasteiger partial charge in [-0.15, -0.1) is 0 Å². The van der Waals surface area contributed by atoms with Crippen LogP contribution in [0.1, 0.15) is 52.9 Å². The first kappa shape index (κ1) is 23.1. The molecule has 32 heavy (non-hydrogen) atoms. The summed E-state index contributed by atoms with van der Waals surface area (Å²) in [6.07, 6.45) is 1.01. The van der Waals surface area contributed by atoms with Crippen molar-refractivity contribution in [3.63, 3.8) is 0 Å². The molecule has 3 rings (SSSR count). The molecule has 0 amide bonds. The summed E-state index contributed by atoms with van der Waals surface area (Å²) in [7, 11) is 0. The zero-order valence-electron chi connectivity index (χ0n) is 18.4. The van der Waals surface area contributed by atoms with E-state index in [1.807, 2.05) is 68.4 Å². The van der Waals surface area contributed by atoms with Crippen molar-refractivity contribution in [2.24, 2.45) is 5.92 Å². The predicted molar refractivity (Wildman–Crippen MR) is 123 cm³/mol. The highest BCUT2D eigenvalue weighted by Crippen LogP contribution is 2.34. The Labute approximate surface area is 188 Å². The smallest absolute Gasteiger partial charge is 0.306 e. The first-order chi connectivity index (χ1) is 15.5. The molecule has 0 heterocycles. The normalized spacial score (nSPS) is 12.6. The number of benzene rings is 3. The van der Waals surface area contributed by atoms with Crippen LogP contribution >= 0.6 is 0 Å². The van der Waals surface area contributed by atoms with E-state index in [4.69, 9.17) is 9.47 Å². The highest BCUT2D eigenvalue weighted by Gasteiger charge is 2.25. The zero-order chi connectivity index (χ0) is 22.9. The molecule has 0 spiro atoms. The Balaban J connectivity index is 1.88. The van der Waals surface area contributed by atoms with Gasteiger partial charge in [0.05, 0.1) is 11.5 Å². The van der Waals surface area contributed by atoms with Gasteiger partial charge in [0.2, 0.25) is 0 Å². The van der Waals surface area contributed by atoms with Crippen LogP contribution in [0.4, 0.5) is 0 Å². The Morgan fingerprint density at radius 2 is 1.75 bits per heavy atom. The van der Waals surface area contributed by atoms with Crippen LogP contribution in [0.25, 0.3) is 0 Å². The van der Waals surface area contributed by atoms with Gasteiger partial charge in [-0.05, 0) is 42.2 Å². The average Bonchev–Trinajstić information content (AvgIpc) is 2.81. The fraction of sp³-hybridized carbons (Fsp3) is 0.259. The first-order valence-electron chi connectivity index (χ1n) is 10.7. The molecule has 3 aromatic rings. The molecule has 0 aliphatic heterocycles. The minimum Gasteiger partial charge on any atom is -0.489 e. The number of carboxylic acid groups (broad SMARTS) is 1. The van der Waals surface area contributed by atoms with Gasteiger partial charge >= 0.3 is 5.97 Å². The van der Waals surface area contributed by atoms with Crippen molar-refractivity contribution < 1.29 is 24.2 Å². The average molecular weight is 433 g/mol. The highest BCUT2D eigenvalue weighted by atomic mass is 16.5. The van der Waals surface area contributed by atoms with Crippen molar-refractivity contribution in [1.82, 2.24) is 0 Å². The number of aliphatic carboxylic acids is 1. The summed E-state index contributed by atoms with van der Waals surface area (Å²) in [5.41, 5.74) is 3.32. The summed E-state index contributed by atoms with van der Waals surface area (Å²) in [6.45, 7) is 4.20. The molecule has 5 heteroatoms. The summed E-state index contributed by atoms with van der Waals surface area (Å²) in [6, 6.07) is 22.6. The Morgan fingerprint density at radius 1 is 1.03 bits per heavy atom. The summed E-state index contributed by atoms with van der Waals surface area (Å²) >= 11 is 0. The SMILES string of the molecule is CCC(CC(Oc1cc(OCc2ccccc2)ccc1C=O)c1ccccc1C)C(=O)O. The van der Waals surface area contributed by atoms with Crippen LogP contribution in [0.15, 0.2) is 72.8 Å². The van der Waals surface area contributed by atoms with Crippen molar-refractivity contribution in [1.29, 1.82) is 0 Å².